The van der Waals surface area contributed by atoms with Crippen LogP contribution in [0.4, 0.5) is 0 Å². The maximum Gasteiger partial charge on any atom is 0.238 e. The van der Waals surface area contributed by atoms with Gasteiger partial charge in [-0.2, -0.15) is 0 Å². The molecule has 0 N–H and O–H groups in total. The third-order valence-electron chi connectivity index (χ3n) is 1.66. The lowest BCUT2D eigenvalue weighted by atomic mass is 10.3. The second-order valence-corrected chi connectivity index (χ2v) is 4.28. The molecule has 1 aromatic heterocycles. The quantitative estimate of drug-likeness (QED) is 0.789. The van der Waals surface area contributed by atoms with Crippen LogP contribution in [0, 0.1) is 3.57 Å². The molecule has 0 saturated heterocycles. The highest BCUT2D eigenvalue weighted by atomic mass is 127. The summed E-state index contributed by atoms with van der Waals surface area (Å²) >= 11 is 7.81. The predicted molar refractivity (Wildman–Crippen MR) is 66.3 cm³/mol. The van der Waals surface area contributed by atoms with Gasteiger partial charge in [0.05, 0.1) is 3.57 Å². The molecule has 0 spiro atoms. The van der Waals surface area contributed by atoms with E-state index in [1.807, 2.05) is 24.3 Å². The number of hydrogen-bond donors (Lipinski definition) is 0. The third kappa shape index (κ3) is 2.79. The lowest BCUT2D eigenvalue weighted by Crippen LogP contribution is -1.91. The second-order valence-electron chi connectivity index (χ2n) is 2.73. The molecular weight excluding hydrogens is 326 g/mol. The number of benzene rings is 1. The summed E-state index contributed by atoms with van der Waals surface area (Å²) in [6.45, 7) is 0. The van der Waals surface area contributed by atoms with E-state index in [0.717, 1.165) is 9.32 Å². The Morgan fingerprint density at radius 1 is 1.07 bits per heavy atom. The Hall–Kier alpha value is -0.880. The number of halogens is 2. The van der Waals surface area contributed by atoms with Crippen LogP contribution >= 0.6 is 34.2 Å². The van der Waals surface area contributed by atoms with Crippen molar-refractivity contribution in [2.45, 2.75) is 0 Å². The van der Waals surface area contributed by atoms with E-state index in [2.05, 4.69) is 32.8 Å². The van der Waals surface area contributed by atoms with Crippen molar-refractivity contribution in [3.8, 4) is 11.6 Å². The fourth-order valence-electron chi connectivity index (χ4n) is 0.998. The molecule has 0 atom stereocenters. The summed E-state index contributed by atoms with van der Waals surface area (Å²) < 4.78 is 6.54. The molecule has 2 aromatic rings. The van der Waals surface area contributed by atoms with Crippen molar-refractivity contribution in [1.82, 2.24) is 10.2 Å². The smallest absolute Gasteiger partial charge is 0.238 e. The Balaban J connectivity index is 2.22. The van der Waals surface area contributed by atoms with E-state index >= 15 is 0 Å². The standard InChI is InChI=1S/C10H6ClIN2O/c11-9-5-6-10(14-13-9)15-8-4-2-1-3-7(8)12/h1-6H. The van der Waals surface area contributed by atoms with Gasteiger partial charge < -0.3 is 4.74 Å². The highest BCUT2D eigenvalue weighted by Gasteiger charge is 2.02. The van der Waals surface area contributed by atoms with Crippen LogP contribution in [-0.2, 0) is 0 Å². The molecule has 0 radical (unpaired) electrons. The number of para-hydroxylation sites is 1. The van der Waals surface area contributed by atoms with Gasteiger partial charge in [0.1, 0.15) is 5.75 Å². The average molecular weight is 333 g/mol. The molecule has 0 amide bonds. The van der Waals surface area contributed by atoms with Gasteiger partial charge in [0.15, 0.2) is 5.15 Å². The molecule has 2 rings (SSSR count). The largest absolute Gasteiger partial charge is 0.436 e. The minimum Gasteiger partial charge on any atom is -0.436 e. The van der Waals surface area contributed by atoms with Crippen molar-refractivity contribution >= 4 is 34.2 Å². The van der Waals surface area contributed by atoms with Crippen LogP contribution in [0.5, 0.6) is 11.6 Å². The Labute approximate surface area is 106 Å². The van der Waals surface area contributed by atoms with Crippen molar-refractivity contribution in [3.63, 3.8) is 0 Å². The SMILES string of the molecule is Clc1ccc(Oc2ccccc2I)nn1. The van der Waals surface area contributed by atoms with Crippen molar-refractivity contribution in [2.75, 3.05) is 0 Å². The zero-order valence-corrected chi connectivity index (χ0v) is 10.4. The molecule has 0 aliphatic rings. The molecule has 0 saturated carbocycles. The monoisotopic (exact) mass is 332 g/mol. The van der Waals surface area contributed by atoms with Crippen LogP contribution in [0.25, 0.3) is 0 Å². The molecule has 1 aromatic carbocycles. The van der Waals surface area contributed by atoms with E-state index in [9.17, 15) is 0 Å². The van der Waals surface area contributed by atoms with E-state index in [4.69, 9.17) is 16.3 Å². The molecule has 15 heavy (non-hydrogen) atoms. The number of hydrogen-bond acceptors (Lipinski definition) is 3. The first-order valence-corrected chi connectivity index (χ1v) is 5.63. The molecular formula is C10H6ClIN2O. The van der Waals surface area contributed by atoms with Crippen LogP contribution < -0.4 is 4.74 Å². The zero-order chi connectivity index (χ0) is 10.7. The molecule has 3 nitrogen and oxygen atoms in total. The van der Waals surface area contributed by atoms with E-state index in [1.165, 1.54) is 0 Å². The minimum atomic E-state index is 0.352. The molecule has 5 heteroatoms. The highest BCUT2D eigenvalue weighted by Crippen LogP contribution is 2.24. The van der Waals surface area contributed by atoms with Gasteiger partial charge in [-0.25, -0.2) is 0 Å². The summed E-state index contributed by atoms with van der Waals surface area (Å²) in [5, 5.41) is 7.85. The molecule has 0 fully saturated rings. The Kier molecular flexibility index (Phi) is 3.37. The maximum atomic E-state index is 5.62. The van der Waals surface area contributed by atoms with Gasteiger partial charge in [-0.3, -0.25) is 0 Å². The van der Waals surface area contributed by atoms with Crippen molar-refractivity contribution < 1.29 is 4.74 Å². The van der Waals surface area contributed by atoms with Crippen LogP contribution in [0.15, 0.2) is 36.4 Å². The minimum absolute atomic E-state index is 0.352. The van der Waals surface area contributed by atoms with E-state index in [1.54, 1.807) is 12.1 Å². The number of rotatable bonds is 2. The fourth-order valence-corrected chi connectivity index (χ4v) is 1.60. The molecule has 0 bridgehead atoms. The predicted octanol–water partition coefficient (Wildman–Crippen LogP) is 3.53. The highest BCUT2D eigenvalue weighted by molar-refractivity contribution is 14.1. The van der Waals surface area contributed by atoms with Gasteiger partial charge >= 0.3 is 0 Å². The van der Waals surface area contributed by atoms with E-state index < -0.39 is 0 Å². The maximum absolute atomic E-state index is 5.62. The van der Waals surface area contributed by atoms with Crippen LogP contribution in [0.3, 0.4) is 0 Å². The first kappa shape index (κ1) is 10.6. The first-order valence-electron chi connectivity index (χ1n) is 4.17. The Bertz CT molecular complexity index is 461. The lowest BCUT2D eigenvalue weighted by Gasteiger charge is -2.05. The molecule has 76 valence electrons. The van der Waals surface area contributed by atoms with Crippen molar-refractivity contribution in [1.29, 1.82) is 0 Å². The number of ether oxygens (including phenoxy) is 1. The Morgan fingerprint density at radius 2 is 1.87 bits per heavy atom. The fraction of sp³-hybridized carbons (Fsp3) is 0. The van der Waals surface area contributed by atoms with Crippen LogP contribution in [0.1, 0.15) is 0 Å². The summed E-state index contributed by atoms with van der Waals surface area (Å²) in [6.07, 6.45) is 0. The molecule has 0 aliphatic carbocycles. The van der Waals surface area contributed by atoms with Gasteiger partial charge in [-0.1, -0.05) is 23.7 Å². The first-order chi connectivity index (χ1) is 7.25. The summed E-state index contributed by atoms with van der Waals surface area (Å²) in [6, 6.07) is 11.0. The molecule has 1 heterocycles. The average Bonchev–Trinajstić information content (AvgIpc) is 2.25. The van der Waals surface area contributed by atoms with Gasteiger partial charge in [-0.15, -0.1) is 10.2 Å². The van der Waals surface area contributed by atoms with Gasteiger partial charge in [-0.05, 0) is 40.8 Å². The van der Waals surface area contributed by atoms with Crippen LogP contribution in [-0.4, -0.2) is 10.2 Å². The second kappa shape index (κ2) is 4.76. The third-order valence-corrected chi connectivity index (χ3v) is 2.75. The summed E-state index contributed by atoms with van der Waals surface area (Å²) in [5.74, 6) is 1.19. The molecule has 0 unspecified atom stereocenters. The van der Waals surface area contributed by atoms with E-state index in [-0.39, 0.29) is 0 Å². The number of aromatic nitrogens is 2. The van der Waals surface area contributed by atoms with Crippen molar-refractivity contribution in [3.05, 3.63) is 45.1 Å². The lowest BCUT2D eigenvalue weighted by molar-refractivity contribution is 0.452. The van der Waals surface area contributed by atoms with Crippen molar-refractivity contribution in [2.24, 2.45) is 0 Å². The zero-order valence-electron chi connectivity index (χ0n) is 7.52. The van der Waals surface area contributed by atoms with E-state index in [0.29, 0.717) is 11.0 Å². The topological polar surface area (TPSA) is 35.0 Å². The molecule has 0 aliphatic heterocycles. The number of nitrogens with zero attached hydrogens (tertiary/aromatic N) is 2. The van der Waals surface area contributed by atoms with Crippen LogP contribution in [0.2, 0.25) is 5.15 Å². The summed E-state index contributed by atoms with van der Waals surface area (Å²) in [5.41, 5.74) is 0. The Morgan fingerprint density at radius 3 is 2.53 bits per heavy atom. The normalized spacial score (nSPS) is 10.0. The van der Waals surface area contributed by atoms with Gasteiger partial charge in [0.25, 0.3) is 0 Å². The summed E-state index contributed by atoms with van der Waals surface area (Å²) in [4.78, 5) is 0. The summed E-state index contributed by atoms with van der Waals surface area (Å²) in [7, 11) is 0. The van der Waals surface area contributed by atoms with Gasteiger partial charge in [0, 0.05) is 6.07 Å². The van der Waals surface area contributed by atoms with Gasteiger partial charge in [0.2, 0.25) is 5.88 Å².